The van der Waals surface area contributed by atoms with Crippen LogP contribution in [0.15, 0.2) is 41.3 Å². The lowest BCUT2D eigenvalue weighted by molar-refractivity contribution is -0.115. The fraction of sp³-hybridized carbons (Fsp3) is 0.222. The van der Waals surface area contributed by atoms with Crippen molar-refractivity contribution in [1.82, 2.24) is 5.32 Å². The van der Waals surface area contributed by atoms with Gasteiger partial charge < -0.3 is 10.6 Å². The quantitative estimate of drug-likeness (QED) is 0.710. The minimum atomic E-state index is -3.99. The van der Waals surface area contributed by atoms with E-state index in [9.17, 15) is 18.0 Å². The van der Waals surface area contributed by atoms with Crippen molar-refractivity contribution in [3.05, 3.63) is 52.5 Å². The molecule has 7 nitrogen and oxygen atoms in total. The summed E-state index contributed by atoms with van der Waals surface area (Å²) in [5.41, 5.74) is 1.71. The largest absolute Gasteiger partial charge is 0.349 e. The number of hydrogen-bond acceptors (Lipinski definition) is 4. The number of anilines is 2. The molecule has 2 aromatic carbocycles. The van der Waals surface area contributed by atoms with Gasteiger partial charge in [-0.1, -0.05) is 17.7 Å². The van der Waals surface area contributed by atoms with Gasteiger partial charge in [-0.15, -0.1) is 0 Å². The van der Waals surface area contributed by atoms with E-state index < -0.39 is 10.0 Å². The standard InChI is InChI=1S/C18H16ClN3O4S/c19-14-9-15-11(8-17(23)21-15)7-16(14)27(25,26)22-13-3-1-2-10(6-13)18(24)20-12-4-5-12/h1-3,6-7,9,12,22H,4-5,8H2,(H,20,24)(H,21,23). The first-order valence-corrected chi connectivity index (χ1v) is 10.2. The van der Waals surface area contributed by atoms with Gasteiger partial charge in [-0.2, -0.15) is 0 Å². The van der Waals surface area contributed by atoms with Crippen molar-refractivity contribution in [2.45, 2.75) is 30.2 Å². The van der Waals surface area contributed by atoms with Gasteiger partial charge in [0.2, 0.25) is 5.91 Å². The second kappa shape index (κ2) is 6.54. The Labute approximate surface area is 161 Å². The van der Waals surface area contributed by atoms with Crippen molar-refractivity contribution in [2.75, 3.05) is 10.0 Å². The lowest BCUT2D eigenvalue weighted by atomic mass is 10.2. The van der Waals surface area contributed by atoms with Gasteiger partial charge in [-0.25, -0.2) is 8.42 Å². The number of halogens is 1. The molecule has 4 rings (SSSR count). The molecule has 0 spiro atoms. The average molecular weight is 406 g/mol. The summed E-state index contributed by atoms with van der Waals surface area (Å²) >= 11 is 6.12. The van der Waals surface area contributed by atoms with Crippen LogP contribution >= 0.6 is 11.6 Å². The van der Waals surface area contributed by atoms with Gasteiger partial charge in [0.05, 0.1) is 11.4 Å². The molecule has 1 aliphatic heterocycles. The summed E-state index contributed by atoms with van der Waals surface area (Å²) < 4.78 is 28.0. The molecule has 2 aromatic rings. The molecule has 1 heterocycles. The van der Waals surface area contributed by atoms with Crippen LogP contribution in [0.25, 0.3) is 0 Å². The van der Waals surface area contributed by atoms with Gasteiger partial charge in [0.15, 0.2) is 0 Å². The predicted molar refractivity (Wildman–Crippen MR) is 102 cm³/mol. The minimum Gasteiger partial charge on any atom is -0.349 e. The number of benzene rings is 2. The Morgan fingerprint density at radius 3 is 2.70 bits per heavy atom. The molecule has 0 aromatic heterocycles. The number of carbonyl (C=O) groups excluding carboxylic acids is 2. The van der Waals surface area contributed by atoms with Crippen molar-refractivity contribution in [2.24, 2.45) is 0 Å². The normalized spacial score (nSPS) is 15.8. The van der Waals surface area contributed by atoms with Crippen molar-refractivity contribution < 1.29 is 18.0 Å². The second-order valence-electron chi connectivity index (χ2n) is 6.60. The molecule has 0 saturated heterocycles. The lowest BCUT2D eigenvalue weighted by Gasteiger charge is -2.12. The number of carbonyl (C=O) groups is 2. The predicted octanol–water partition coefficient (Wildman–Crippen LogP) is 2.53. The lowest BCUT2D eigenvalue weighted by Crippen LogP contribution is -2.25. The first kappa shape index (κ1) is 17.8. The number of sulfonamides is 1. The number of nitrogens with one attached hydrogen (secondary N) is 3. The molecule has 1 fully saturated rings. The summed E-state index contributed by atoms with van der Waals surface area (Å²) in [5.74, 6) is -0.448. The van der Waals surface area contributed by atoms with E-state index >= 15 is 0 Å². The maximum Gasteiger partial charge on any atom is 0.263 e. The van der Waals surface area contributed by atoms with Crippen LogP contribution in [0.4, 0.5) is 11.4 Å². The zero-order valence-electron chi connectivity index (χ0n) is 14.1. The first-order chi connectivity index (χ1) is 12.8. The molecule has 0 unspecified atom stereocenters. The van der Waals surface area contributed by atoms with E-state index in [1.165, 1.54) is 18.2 Å². The fourth-order valence-corrected chi connectivity index (χ4v) is 4.49. The van der Waals surface area contributed by atoms with Crippen LogP contribution in [0.3, 0.4) is 0 Å². The van der Waals surface area contributed by atoms with Crippen LogP contribution in [-0.2, 0) is 21.2 Å². The van der Waals surface area contributed by atoms with E-state index in [1.54, 1.807) is 18.2 Å². The third-order valence-corrected chi connectivity index (χ3v) is 6.21. The Hall–Kier alpha value is -2.58. The van der Waals surface area contributed by atoms with Crippen LogP contribution in [0, 0.1) is 0 Å². The Kier molecular flexibility index (Phi) is 4.32. The number of rotatable bonds is 5. The third-order valence-electron chi connectivity index (χ3n) is 4.36. The van der Waals surface area contributed by atoms with Gasteiger partial charge in [-0.05, 0) is 48.7 Å². The highest BCUT2D eigenvalue weighted by atomic mass is 35.5. The molecule has 2 amide bonds. The Bertz CT molecular complexity index is 1060. The Morgan fingerprint density at radius 2 is 1.96 bits per heavy atom. The molecular formula is C18H16ClN3O4S. The number of fused-ring (bicyclic) bond motifs is 1. The van der Waals surface area contributed by atoms with Crippen molar-refractivity contribution in [3.63, 3.8) is 0 Å². The highest BCUT2D eigenvalue weighted by molar-refractivity contribution is 7.92. The van der Waals surface area contributed by atoms with Crippen LogP contribution in [0.2, 0.25) is 5.02 Å². The van der Waals surface area contributed by atoms with E-state index in [0.29, 0.717) is 16.8 Å². The second-order valence-corrected chi connectivity index (χ2v) is 8.66. The minimum absolute atomic E-state index is 0.00563. The fourth-order valence-electron chi connectivity index (χ4n) is 2.86. The molecule has 0 atom stereocenters. The van der Waals surface area contributed by atoms with E-state index in [-0.39, 0.29) is 39.9 Å². The first-order valence-electron chi connectivity index (χ1n) is 8.38. The van der Waals surface area contributed by atoms with Crippen LogP contribution in [0.5, 0.6) is 0 Å². The molecule has 2 aliphatic rings. The smallest absolute Gasteiger partial charge is 0.263 e. The summed E-state index contributed by atoms with van der Waals surface area (Å²) in [6, 6.07) is 9.28. The van der Waals surface area contributed by atoms with E-state index in [1.807, 2.05) is 0 Å². The zero-order chi connectivity index (χ0) is 19.2. The highest BCUT2D eigenvalue weighted by Crippen LogP contribution is 2.33. The van der Waals surface area contributed by atoms with Gasteiger partial charge in [-0.3, -0.25) is 14.3 Å². The topological polar surface area (TPSA) is 104 Å². The Balaban J connectivity index is 1.60. The zero-order valence-corrected chi connectivity index (χ0v) is 15.7. The summed E-state index contributed by atoms with van der Waals surface area (Å²) in [7, 11) is -3.99. The van der Waals surface area contributed by atoms with E-state index in [4.69, 9.17) is 11.6 Å². The average Bonchev–Trinajstić information content (AvgIpc) is 3.33. The number of hydrogen-bond donors (Lipinski definition) is 3. The highest BCUT2D eigenvalue weighted by Gasteiger charge is 2.26. The molecule has 140 valence electrons. The molecule has 3 N–H and O–H groups in total. The van der Waals surface area contributed by atoms with Gasteiger partial charge in [0.1, 0.15) is 4.90 Å². The SMILES string of the molecule is O=C1Cc2cc(S(=O)(=O)Nc3cccc(C(=O)NC4CC4)c3)c(Cl)cc2N1. The molecule has 9 heteroatoms. The summed E-state index contributed by atoms with van der Waals surface area (Å²) in [6.45, 7) is 0. The van der Waals surface area contributed by atoms with Crippen molar-refractivity contribution >= 4 is 44.8 Å². The van der Waals surface area contributed by atoms with E-state index in [0.717, 1.165) is 12.8 Å². The maximum absolute atomic E-state index is 12.8. The van der Waals surface area contributed by atoms with Crippen molar-refractivity contribution in [3.8, 4) is 0 Å². The monoisotopic (exact) mass is 405 g/mol. The van der Waals surface area contributed by atoms with Gasteiger partial charge in [0, 0.05) is 23.0 Å². The van der Waals surface area contributed by atoms with Crippen molar-refractivity contribution in [1.29, 1.82) is 0 Å². The van der Waals surface area contributed by atoms with Crippen LogP contribution in [0.1, 0.15) is 28.8 Å². The summed E-state index contributed by atoms with van der Waals surface area (Å²) in [5, 5.41) is 5.49. The summed E-state index contributed by atoms with van der Waals surface area (Å²) in [6.07, 6.45) is 2.03. The molecule has 0 radical (unpaired) electrons. The molecule has 0 bridgehead atoms. The number of amides is 2. The molecular weight excluding hydrogens is 390 g/mol. The van der Waals surface area contributed by atoms with E-state index in [2.05, 4.69) is 15.4 Å². The molecule has 1 aliphatic carbocycles. The molecule has 1 saturated carbocycles. The maximum atomic E-state index is 12.8. The third kappa shape index (κ3) is 3.77. The summed E-state index contributed by atoms with van der Waals surface area (Å²) in [4.78, 5) is 23.5. The molecule has 27 heavy (non-hydrogen) atoms. The van der Waals surface area contributed by atoms with Crippen LogP contribution < -0.4 is 15.4 Å². The van der Waals surface area contributed by atoms with Crippen LogP contribution in [-0.4, -0.2) is 26.3 Å². The Morgan fingerprint density at radius 1 is 1.19 bits per heavy atom. The van der Waals surface area contributed by atoms with Gasteiger partial charge in [0.25, 0.3) is 15.9 Å². The van der Waals surface area contributed by atoms with Gasteiger partial charge >= 0.3 is 0 Å².